The predicted octanol–water partition coefficient (Wildman–Crippen LogP) is 4.30. The highest BCUT2D eigenvalue weighted by Gasteiger charge is 2.41. The topological polar surface area (TPSA) is 12.0 Å². The van der Waals surface area contributed by atoms with Crippen LogP contribution in [0.1, 0.15) is 39.2 Å². The Labute approximate surface area is 116 Å². The average molecular weight is 266 g/mol. The van der Waals surface area contributed by atoms with Crippen molar-refractivity contribution in [1.29, 1.82) is 0 Å². The molecular formula is C16H24ClN. The van der Waals surface area contributed by atoms with Crippen LogP contribution in [0.2, 0.25) is 5.02 Å². The predicted molar refractivity (Wildman–Crippen MR) is 79.1 cm³/mol. The molecule has 0 amide bonds. The van der Waals surface area contributed by atoms with E-state index in [4.69, 9.17) is 11.6 Å². The van der Waals surface area contributed by atoms with Gasteiger partial charge in [0.05, 0.1) is 0 Å². The third kappa shape index (κ3) is 3.49. The van der Waals surface area contributed by atoms with Crippen molar-refractivity contribution in [3.63, 3.8) is 0 Å². The molecule has 1 N–H and O–H groups in total. The van der Waals surface area contributed by atoms with E-state index in [0.29, 0.717) is 11.5 Å². The summed E-state index contributed by atoms with van der Waals surface area (Å²) in [5.74, 6) is 0.861. The van der Waals surface area contributed by atoms with Gasteiger partial charge in [0, 0.05) is 17.6 Å². The smallest absolute Gasteiger partial charge is 0.0438 e. The number of hydrogen-bond donors (Lipinski definition) is 1. The van der Waals surface area contributed by atoms with Crippen LogP contribution in [-0.2, 0) is 6.42 Å². The Morgan fingerprint density at radius 2 is 2.00 bits per heavy atom. The van der Waals surface area contributed by atoms with Crippen molar-refractivity contribution in [2.24, 2.45) is 11.3 Å². The van der Waals surface area contributed by atoms with Crippen LogP contribution in [0.25, 0.3) is 0 Å². The van der Waals surface area contributed by atoms with E-state index in [1.165, 1.54) is 18.4 Å². The van der Waals surface area contributed by atoms with E-state index >= 15 is 0 Å². The molecule has 0 aromatic heterocycles. The second kappa shape index (κ2) is 5.63. The van der Waals surface area contributed by atoms with Gasteiger partial charge in [-0.2, -0.15) is 0 Å². The first-order chi connectivity index (χ1) is 8.51. The lowest BCUT2D eigenvalue weighted by atomic mass is 9.78. The lowest BCUT2D eigenvalue weighted by Gasteiger charge is -2.31. The quantitative estimate of drug-likeness (QED) is 0.809. The average Bonchev–Trinajstić information content (AvgIpc) is 3.14. The molecular weight excluding hydrogens is 242 g/mol. The summed E-state index contributed by atoms with van der Waals surface area (Å²) in [5, 5.41) is 4.52. The van der Waals surface area contributed by atoms with Gasteiger partial charge >= 0.3 is 0 Å². The molecule has 1 aliphatic rings. The minimum Gasteiger partial charge on any atom is -0.314 e. The molecule has 2 rings (SSSR count). The van der Waals surface area contributed by atoms with Crippen LogP contribution in [-0.4, -0.2) is 12.6 Å². The van der Waals surface area contributed by atoms with Gasteiger partial charge in [-0.25, -0.2) is 0 Å². The molecule has 1 aliphatic carbocycles. The molecule has 1 aromatic carbocycles. The van der Waals surface area contributed by atoms with Crippen LogP contribution in [0.5, 0.6) is 0 Å². The molecule has 0 heterocycles. The highest BCUT2D eigenvalue weighted by atomic mass is 35.5. The van der Waals surface area contributed by atoms with Crippen molar-refractivity contribution in [3.05, 3.63) is 34.9 Å². The Balaban J connectivity index is 2.08. The van der Waals surface area contributed by atoms with Crippen LogP contribution < -0.4 is 5.32 Å². The molecule has 1 nitrogen and oxygen atoms in total. The summed E-state index contributed by atoms with van der Waals surface area (Å²) in [7, 11) is 0. The van der Waals surface area contributed by atoms with Crippen molar-refractivity contribution in [3.8, 4) is 0 Å². The second-order valence-electron chi connectivity index (χ2n) is 6.23. The van der Waals surface area contributed by atoms with Crippen LogP contribution in [0.3, 0.4) is 0 Å². The first kappa shape index (κ1) is 13.9. The molecule has 1 saturated carbocycles. The van der Waals surface area contributed by atoms with Crippen molar-refractivity contribution >= 4 is 11.6 Å². The van der Waals surface area contributed by atoms with Crippen molar-refractivity contribution < 1.29 is 0 Å². The van der Waals surface area contributed by atoms with Crippen molar-refractivity contribution in [2.75, 3.05) is 6.54 Å². The second-order valence-corrected chi connectivity index (χ2v) is 6.64. The van der Waals surface area contributed by atoms with Crippen LogP contribution in [0, 0.1) is 11.3 Å². The third-order valence-corrected chi connectivity index (χ3v) is 4.40. The largest absolute Gasteiger partial charge is 0.314 e. The molecule has 1 unspecified atom stereocenters. The first-order valence-corrected chi connectivity index (χ1v) is 7.36. The third-order valence-electron chi connectivity index (χ3n) is 4.03. The summed E-state index contributed by atoms with van der Waals surface area (Å²) in [6.45, 7) is 7.91. The molecule has 0 bridgehead atoms. The highest BCUT2D eigenvalue weighted by molar-refractivity contribution is 6.31. The minimum atomic E-state index is 0.343. The maximum atomic E-state index is 6.30. The summed E-state index contributed by atoms with van der Waals surface area (Å²) in [6, 6.07) is 8.81. The molecule has 18 heavy (non-hydrogen) atoms. The van der Waals surface area contributed by atoms with Crippen LogP contribution in [0.15, 0.2) is 24.3 Å². The Morgan fingerprint density at radius 3 is 2.56 bits per heavy atom. The van der Waals surface area contributed by atoms with Gasteiger partial charge in [0.1, 0.15) is 0 Å². The fourth-order valence-corrected chi connectivity index (χ4v) is 2.85. The number of nitrogens with one attached hydrogen (secondary N) is 1. The molecule has 1 atom stereocenters. The first-order valence-electron chi connectivity index (χ1n) is 6.98. The minimum absolute atomic E-state index is 0.343. The molecule has 2 heteroatoms. The monoisotopic (exact) mass is 265 g/mol. The van der Waals surface area contributed by atoms with E-state index < -0.39 is 0 Å². The molecule has 0 spiro atoms. The summed E-state index contributed by atoms with van der Waals surface area (Å²) < 4.78 is 0. The summed E-state index contributed by atoms with van der Waals surface area (Å²) >= 11 is 6.30. The molecule has 0 radical (unpaired) electrons. The molecule has 0 aliphatic heterocycles. The van der Waals surface area contributed by atoms with E-state index in [1.807, 2.05) is 12.1 Å². The lowest BCUT2D eigenvalue weighted by molar-refractivity contribution is 0.248. The summed E-state index contributed by atoms with van der Waals surface area (Å²) in [6.07, 6.45) is 3.83. The van der Waals surface area contributed by atoms with E-state index in [1.54, 1.807) is 0 Å². The molecule has 0 saturated heterocycles. The highest BCUT2D eigenvalue weighted by Crippen LogP contribution is 2.47. The zero-order chi connectivity index (χ0) is 13.2. The van der Waals surface area contributed by atoms with Gasteiger partial charge in [-0.1, -0.05) is 50.6 Å². The zero-order valence-electron chi connectivity index (χ0n) is 11.7. The normalized spacial score (nSPS) is 18.9. The Morgan fingerprint density at radius 1 is 1.33 bits per heavy atom. The van der Waals surface area contributed by atoms with Crippen molar-refractivity contribution in [2.45, 2.75) is 46.1 Å². The summed E-state index contributed by atoms with van der Waals surface area (Å²) in [4.78, 5) is 0. The fourth-order valence-electron chi connectivity index (χ4n) is 2.65. The number of rotatable bonds is 6. The summed E-state index contributed by atoms with van der Waals surface area (Å²) in [5.41, 5.74) is 1.63. The maximum absolute atomic E-state index is 6.30. The van der Waals surface area contributed by atoms with E-state index in [0.717, 1.165) is 23.9 Å². The van der Waals surface area contributed by atoms with Gasteiger partial charge < -0.3 is 5.32 Å². The zero-order valence-corrected chi connectivity index (χ0v) is 12.4. The fraction of sp³-hybridized carbons (Fsp3) is 0.625. The standard InChI is InChI=1S/C16H24ClN/c1-12(2)18-11-16(3,14-8-9-14)10-13-6-4-5-7-15(13)17/h4-7,12,14,18H,8-11H2,1-3H3. The molecule has 100 valence electrons. The van der Waals surface area contributed by atoms with Crippen LogP contribution >= 0.6 is 11.6 Å². The van der Waals surface area contributed by atoms with Gasteiger partial charge in [-0.3, -0.25) is 0 Å². The maximum Gasteiger partial charge on any atom is 0.0438 e. The van der Waals surface area contributed by atoms with Crippen molar-refractivity contribution in [1.82, 2.24) is 5.32 Å². The number of hydrogen-bond acceptors (Lipinski definition) is 1. The number of halogens is 1. The van der Waals surface area contributed by atoms with E-state index in [-0.39, 0.29) is 0 Å². The van der Waals surface area contributed by atoms with E-state index in [2.05, 4.69) is 38.2 Å². The van der Waals surface area contributed by atoms with Gasteiger partial charge in [0.2, 0.25) is 0 Å². The molecule has 1 fully saturated rings. The Hall–Kier alpha value is -0.530. The van der Waals surface area contributed by atoms with Gasteiger partial charge in [-0.05, 0) is 42.2 Å². The lowest BCUT2D eigenvalue weighted by Crippen LogP contribution is -2.38. The van der Waals surface area contributed by atoms with Gasteiger partial charge in [0.15, 0.2) is 0 Å². The van der Waals surface area contributed by atoms with Crippen LogP contribution in [0.4, 0.5) is 0 Å². The Kier molecular flexibility index (Phi) is 4.34. The number of benzene rings is 1. The van der Waals surface area contributed by atoms with E-state index in [9.17, 15) is 0 Å². The van der Waals surface area contributed by atoms with Gasteiger partial charge in [0.25, 0.3) is 0 Å². The van der Waals surface area contributed by atoms with Gasteiger partial charge in [-0.15, -0.1) is 0 Å². The molecule has 1 aromatic rings. The Bertz CT molecular complexity index is 398. The SMILES string of the molecule is CC(C)NCC(C)(Cc1ccccc1Cl)C1CC1.